The van der Waals surface area contributed by atoms with E-state index in [1.807, 2.05) is 19.9 Å². The Bertz CT molecular complexity index is 485. The van der Waals surface area contributed by atoms with Crippen molar-refractivity contribution in [3.05, 3.63) is 29.1 Å². The Morgan fingerprint density at radius 2 is 2.17 bits per heavy atom. The molecule has 1 N–H and O–H groups in total. The molecule has 1 aromatic rings. The first kappa shape index (κ1) is 12.5. The van der Waals surface area contributed by atoms with Crippen LogP contribution >= 0.6 is 0 Å². The van der Waals surface area contributed by atoms with E-state index in [4.69, 9.17) is 0 Å². The van der Waals surface area contributed by atoms with E-state index < -0.39 is 0 Å². The number of carbonyl (C=O) groups is 2. The Balaban J connectivity index is 2.21. The lowest BCUT2D eigenvalue weighted by Crippen LogP contribution is -2.37. The molecule has 5 heteroatoms. The molecule has 0 saturated carbocycles. The summed E-state index contributed by atoms with van der Waals surface area (Å²) in [5.41, 5.74) is 2.18. The maximum Gasteiger partial charge on any atom is 0.256 e. The minimum atomic E-state index is -0.114. The van der Waals surface area contributed by atoms with Crippen LogP contribution in [0.3, 0.4) is 0 Å². The molecule has 0 aromatic carbocycles. The molecular weight excluding hydrogens is 230 g/mol. The summed E-state index contributed by atoms with van der Waals surface area (Å²) in [4.78, 5) is 29.7. The maximum absolute atomic E-state index is 12.3. The van der Waals surface area contributed by atoms with Gasteiger partial charge in [0, 0.05) is 18.8 Å². The van der Waals surface area contributed by atoms with Crippen molar-refractivity contribution in [2.45, 2.75) is 20.3 Å². The number of hydrogen-bond donors (Lipinski definition) is 1. The standard InChI is InChI=1S/C13H17N3O2/c1-9-4-5-11(10(2)15-9)13(18)16-7-3-6-14-12(17)8-16/h4-5H,3,6-8H2,1-2H3,(H,14,17). The van der Waals surface area contributed by atoms with Crippen molar-refractivity contribution >= 4 is 11.8 Å². The number of carbonyl (C=O) groups excluding carboxylic acids is 2. The molecule has 2 amide bonds. The van der Waals surface area contributed by atoms with Crippen LogP contribution in [0.2, 0.25) is 0 Å². The van der Waals surface area contributed by atoms with Crippen LogP contribution in [0.25, 0.3) is 0 Å². The average molecular weight is 247 g/mol. The van der Waals surface area contributed by atoms with E-state index in [0.29, 0.717) is 24.3 Å². The summed E-state index contributed by atoms with van der Waals surface area (Å²) in [5, 5.41) is 2.76. The van der Waals surface area contributed by atoms with E-state index in [1.165, 1.54) is 0 Å². The van der Waals surface area contributed by atoms with Gasteiger partial charge in [0.05, 0.1) is 17.8 Å². The maximum atomic E-state index is 12.3. The molecule has 2 rings (SSSR count). The highest BCUT2D eigenvalue weighted by Gasteiger charge is 2.22. The lowest BCUT2D eigenvalue weighted by molar-refractivity contribution is -0.121. The summed E-state index contributed by atoms with van der Waals surface area (Å²) in [5.74, 6) is -0.212. The SMILES string of the molecule is Cc1ccc(C(=O)N2CCCNC(=O)C2)c(C)n1. The van der Waals surface area contributed by atoms with E-state index in [1.54, 1.807) is 11.0 Å². The Morgan fingerprint density at radius 1 is 1.39 bits per heavy atom. The third-order valence-corrected chi connectivity index (χ3v) is 3.00. The molecule has 0 bridgehead atoms. The number of amides is 2. The minimum absolute atomic E-state index is 0.0985. The molecule has 1 aliphatic rings. The molecule has 1 fully saturated rings. The second kappa shape index (κ2) is 5.16. The largest absolute Gasteiger partial charge is 0.354 e. The summed E-state index contributed by atoms with van der Waals surface area (Å²) in [6.45, 7) is 5.07. The first-order chi connectivity index (χ1) is 8.58. The topological polar surface area (TPSA) is 62.3 Å². The van der Waals surface area contributed by atoms with Gasteiger partial charge in [-0.1, -0.05) is 0 Å². The second-order valence-corrected chi connectivity index (χ2v) is 4.52. The van der Waals surface area contributed by atoms with Gasteiger partial charge in [0.1, 0.15) is 0 Å². The van der Waals surface area contributed by atoms with Crippen molar-refractivity contribution in [1.82, 2.24) is 15.2 Å². The Labute approximate surface area is 106 Å². The first-order valence-electron chi connectivity index (χ1n) is 6.08. The quantitative estimate of drug-likeness (QED) is 0.793. The van der Waals surface area contributed by atoms with Crippen LogP contribution in [0, 0.1) is 13.8 Å². The molecule has 5 nitrogen and oxygen atoms in total. The van der Waals surface area contributed by atoms with E-state index >= 15 is 0 Å². The molecule has 1 aromatic heterocycles. The van der Waals surface area contributed by atoms with Gasteiger partial charge in [-0.05, 0) is 32.4 Å². The lowest BCUT2D eigenvalue weighted by Gasteiger charge is -2.19. The third-order valence-electron chi connectivity index (χ3n) is 3.00. The molecule has 0 spiro atoms. The van der Waals surface area contributed by atoms with Gasteiger partial charge >= 0.3 is 0 Å². The molecule has 1 saturated heterocycles. The number of aryl methyl sites for hydroxylation is 2. The normalized spacial score (nSPS) is 16.1. The van der Waals surface area contributed by atoms with Gasteiger partial charge in [-0.2, -0.15) is 0 Å². The zero-order valence-electron chi connectivity index (χ0n) is 10.7. The van der Waals surface area contributed by atoms with Crippen LogP contribution < -0.4 is 5.32 Å². The van der Waals surface area contributed by atoms with Crippen LogP contribution in [0.15, 0.2) is 12.1 Å². The van der Waals surface area contributed by atoms with Gasteiger partial charge in [-0.25, -0.2) is 0 Å². The fourth-order valence-electron chi connectivity index (χ4n) is 2.06. The highest BCUT2D eigenvalue weighted by molar-refractivity contribution is 5.97. The third kappa shape index (κ3) is 2.67. The number of nitrogens with zero attached hydrogens (tertiary/aromatic N) is 2. The van der Waals surface area contributed by atoms with Crippen molar-refractivity contribution < 1.29 is 9.59 Å². The smallest absolute Gasteiger partial charge is 0.256 e. The summed E-state index contributed by atoms with van der Waals surface area (Å²) in [6.07, 6.45) is 0.788. The molecule has 18 heavy (non-hydrogen) atoms. The molecule has 2 heterocycles. The highest BCUT2D eigenvalue weighted by atomic mass is 16.2. The van der Waals surface area contributed by atoms with Crippen LogP contribution in [0.5, 0.6) is 0 Å². The first-order valence-corrected chi connectivity index (χ1v) is 6.08. The molecule has 1 aliphatic heterocycles. The van der Waals surface area contributed by atoms with Gasteiger partial charge < -0.3 is 10.2 Å². The number of hydrogen-bond acceptors (Lipinski definition) is 3. The van der Waals surface area contributed by atoms with Crippen molar-refractivity contribution in [3.63, 3.8) is 0 Å². The Kier molecular flexibility index (Phi) is 3.60. The Morgan fingerprint density at radius 3 is 2.89 bits per heavy atom. The summed E-state index contributed by atoms with van der Waals surface area (Å²) >= 11 is 0. The predicted molar refractivity (Wildman–Crippen MR) is 67.2 cm³/mol. The van der Waals surface area contributed by atoms with Gasteiger partial charge in [0.2, 0.25) is 5.91 Å². The van der Waals surface area contributed by atoms with Crippen molar-refractivity contribution in [2.24, 2.45) is 0 Å². The van der Waals surface area contributed by atoms with Crippen molar-refractivity contribution in [1.29, 1.82) is 0 Å². The number of pyridine rings is 1. The van der Waals surface area contributed by atoms with Gasteiger partial charge in [-0.15, -0.1) is 0 Å². The molecule has 0 unspecified atom stereocenters. The zero-order chi connectivity index (χ0) is 13.1. The molecule has 96 valence electrons. The summed E-state index contributed by atoms with van der Waals surface area (Å²) in [7, 11) is 0. The van der Waals surface area contributed by atoms with Crippen molar-refractivity contribution in [2.75, 3.05) is 19.6 Å². The summed E-state index contributed by atoms with van der Waals surface area (Å²) < 4.78 is 0. The van der Waals surface area contributed by atoms with Crippen LogP contribution in [-0.2, 0) is 4.79 Å². The zero-order valence-corrected chi connectivity index (χ0v) is 10.7. The molecule has 0 aliphatic carbocycles. The van der Waals surface area contributed by atoms with Gasteiger partial charge in [-0.3, -0.25) is 14.6 Å². The van der Waals surface area contributed by atoms with Crippen LogP contribution in [0.1, 0.15) is 28.2 Å². The van der Waals surface area contributed by atoms with Gasteiger partial charge in [0.25, 0.3) is 5.91 Å². The second-order valence-electron chi connectivity index (χ2n) is 4.52. The monoisotopic (exact) mass is 247 g/mol. The highest BCUT2D eigenvalue weighted by Crippen LogP contribution is 2.11. The Hall–Kier alpha value is -1.91. The average Bonchev–Trinajstić information content (AvgIpc) is 2.53. The van der Waals surface area contributed by atoms with Crippen molar-refractivity contribution in [3.8, 4) is 0 Å². The van der Waals surface area contributed by atoms with Crippen LogP contribution in [-0.4, -0.2) is 41.3 Å². The number of nitrogens with one attached hydrogen (secondary N) is 1. The number of rotatable bonds is 1. The summed E-state index contributed by atoms with van der Waals surface area (Å²) in [6, 6.07) is 3.60. The van der Waals surface area contributed by atoms with Crippen LogP contribution in [0.4, 0.5) is 0 Å². The number of aromatic nitrogens is 1. The fourth-order valence-corrected chi connectivity index (χ4v) is 2.06. The van der Waals surface area contributed by atoms with E-state index in [-0.39, 0.29) is 18.4 Å². The lowest BCUT2D eigenvalue weighted by atomic mass is 10.1. The van der Waals surface area contributed by atoms with E-state index in [9.17, 15) is 9.59 Å². The molecule has 0 radical (unpaired) electrons. The molecule has 0 atom stereocenters. The molecular formula is C13H17N3O2. The minimum Gasteiger partial charge on any atom is -0.354 e. The van der Waals surface area contributed by atoms with E-state index in [0.717, 1.165) is 12.1 Å². The fraction of sp³-hybridized carbons (Fsp3) is 0.462. The van der Waals surface area contributed by atoms with Gasteiger partial charge in [0.15, 0.2) is 0 Å². The predicted octanol–water partition coefficient (Wildman–Crippen LogP) is 0.661. The van der Waals surface area contributed by atoms with E-state index in [2.05, 4.69) is 10.3 Å².